The molecule has 0 saturated heterocycles. The Morgan fingerprint density at radius 2 is 1.71 bits per heavy atom. The SMILES string of the molecule is COc1ccc(Nc2nc(COC(=O)c3ccc(OC)cc3OC)cs2)cc1. The van der Waals surface area contributed by atoms with Crippen molar-refractivity contribution in [3.8, 4) is 17.2 Å². The molecule has 0 unspecified atom stereocenters. The van der Waals surface area contributed by atoms with E-state index in [2.05, 4.69) is 10.3 Å². The van der Waals surface area contributed by atoms with Crippen molar-refractivity contribution in [2.24, 2.45) is 0 Å². The van der Waals surface area contributed by atoms with Crippen LogP contribution in [0.1, 0.15) is 16.1 Å². The molecule has 3 aromatic rings. The molecule has 0 atom stereocenters. The van der Waals surface area contributed by atoms with Crippen molar-refractivity contribution in [2.75, 3.05) is 26.6 Å². The monoisotopic (exact) mass is 400 g/mol. The number of ether oxygens (including phenoxy) is 4. The number of thiazole rings is 1. The van der Waals surface area contributed by atoms with Gasteiger partial charge < -0.3 is 24.3 Å². The molecule has 0 fully saturated rings. The zero-order valence-electron chi connectivity index (χ0n) is 15.7. The maximum Gasteiger partial charge on any atom is 0.342 e. The summed E-state index contributed by atoms with van der Waals surface area (Å²) in [6, 6.07) is 12.4. The number of hydrogen-bond donors (Lipinski definition) is 1. The fourth-order valence-corrected chi connectivity index (χ4v) is 3.13. The van der Waals surface area contributed by atoms with Gasteiger partial charge in [0.15, 0.2) is 5.13 Å². The van der Waals surface area contributed by atoms with Gasteiger partial charge in [0, 0.05) is 17.1 Å². The first-order chi connectivity index (χ1) is 13.6. The summed E-state index contributed by atoms with van der Waals surface area (Å²) in [5, 5.41) is 5.75. The molecule has 1 aromatic heterocycles. The Balaban J connectivity index is 1.60. The van der Waals surface area contributed by atoms with Crippen LogP contribution in [0.25, 0.3) is 0 Å². The Labute approximate surface area is 166 Å². The molecule has 0 radical (unpaired) electrons. The van der Waals surface area contributed by atoms with Crippen molar-refractivity contribution >= 4 is 28.1 Å². The highest BCUT2D eigenvalue weighted by Gasteiger charge is 2.15. The summed E-state index contributed by atoms with van der Waals surface area (Å²) >= 11 is 1.43. The lowest BCUT2D eigenvalue weighted by atomic mass is 10.2. The summed E-state index contributed by atoms with van der Waals surface area (Å²) in [4.78, 5) is 16.8. The summed E-state index contributed by atoms with van der Waals surface area (Å²) in [5.41, 5.74) is 1.87. The minimum atomic E-state index is -0.489. The highest BCUT2D eigenvalue weighted by Crippen LogP contribution is 2.26. The van der Waals surface area contributed by atoms with Crippen LogP contribution in [0.5, 0.6) is 17.2 Å². The van der Waals surface area contributed by atoms with Gasteiger partial charge >= 0.3 is 5.97 Å². The van der Waals surface area contributed by atoms with E-state index in [-0.39, 0.29) is 6.61 Å². The minimum absolute atomic E-state index is 0.0643. The predicted octanol–water partition coefficient (Wildman–Crippen LogP) is 4.27. The largest absolute Gasteiger partial charge is 0.497 e. The van der Waals surface area contributed by atoms with Gasteiger partial charge in [-0.25, -0.2) is 9.78 Å². The van der Waals surface area contributed by atoms with Crippen molar-refractivity contribution in [1.29, 1.82) is 0 Å². The van der Waals surface area contributed by atoms with Crippen LogP contribution in [-0.2, 0) is 11.3 Å². The summed E-state index contributed by atoms with van der Waals surface area (Å²) in [5.74, 6) is 1.29. The number of rotatable bonds is 8. The molecule has 0 aliphatic rings. The fraction of sp³-hybridized carbons (Fsp3) is 0.200. The molecule has 28 heavy (non-hydrogen) atoms. The number of aromatic nitrogens is 1. The predicted molar refractivity (Wildman–Crippen MR) is 107 cm³/mol. The van der Waals surface area contributed by atoms with Crippen LogP contribution in [0.4, 0.5) is 10.8 Å². The summed E-state index contributed by atoms with van der Waals surface area (Å²) < 4.78 is 20.9. The molecule has 0 aliphatic heterocycles. The quantitative estimate of drug-likeness (QED) is 0.566. The van der Waals surface area contributed by atoms with E-state index in [4.69, 9.17) is 18.9 Å². The van der Waals surface area contributed by atoms with Crippen LogP contribution in [0.2, 0.25) is 0 Å². The Bertz CT molecular complexity index is 940. The third kappa shape index (κ3) is 4.72. The second-order valence-electron chi connectivity index (χ2n) is 5.64. The van der Waals surface area contributed by atoms with Crippen molar-refractivity contribution in [1.82, 2.24) is 4.98 Å². The van der Waals surface area contributed by atoms with Gasteiger partial charge in [0.25, 0.3) is 0 Å². The molecule has 2 aromatic carbocycles. The molecule has 0 saturated carbocycles. The van der Waals surface area contributed by atoms with Crippen molar-refractivity contribution in [2.45, 2.75) is 6.61 Å². The highest BCUT2D eigenvalue weighted by atomic mass is 32.1. The number of nitrogens with zero attached hydrogens (tertiary/aromatic N) is 1. The topological polar surface area (TPSA) is 78.9 Å². The second-order valence-corrected chi connectivity index (χ2v) is 6.50. The molecule has 146 valence electrons. The van der Waals surface area contributed by atoms with E-state index in [1.165, 1.54) is 18.4 Å². The van der Waals surface area contributed by atoms with E-state index in [0.717, 1.165) is 11.4 Å². The molecular formula is C20H20N2O5S. The smallest absolute Gasteiger partial charge is 0.342 e. The van der Waals surface area contributed by atoms with Gasteiger partial charge in [-0.1, -0.05) is 0 Å². The summed E-state index contributed by atoms with van der Waals surface area (Å²) in [7, 11) is 4.66. The molecule has 0 spiro atoms. The van der Waals surface area contributed by atoms with Gasteiger partial charge in [-0.2, -0.15) is 0 Å². The second kappa shape index (κ2) is 9.09. The zero-order chi connectivity index (χ0) is 19.9. The molecule has 1 N–H and O–H groups in total. The number of carbonyl (C=O) groups is 1. The van der Waals surface area contributed by atoms with Crippen LogP contribution in [0, 0.1) is 0 Å². The van der Waals surface area contributed by atoms with E-state index >= 15 is 0 Å². The third-order valence-electron chi connectivity index (χ3n) is 3.87. The maximum absolute atomic E-state index is 12.4. The number of methoxy groups -OCH3 is 3. The van der Waals surface area contributed by atoms with Crippen LogP contribution < -0.4 is 19.5 Å². The first kappa shape index (κ1) is 19.5. The van der Waals surface area contributed by atoms with E-state index in [9.17, 15) is 4.79 Å². The van der Waals surface area contributed by atoms with E-state index in [0.29, 0.717) is 27.9 Å². The van der Waals surface area contributed by atoms with Crippen LogP contribution >= 0.6 is 11.3 Å². The Morgan fingerprint density at radius 1 is 1.00 bits per heavy atom. The molecular weight excluding hydrogens is 380 g/mol. The van der Waals surface area contributed by atoms with Gasteiger partial charge in [-0.3, -0.25) is 0 Å². The average molecular weight is 400 g/mol. The number of anilines is 2. The van der Waals surface area contributed by atoms with E-state index in [1.54, 1.807) is 32.4 Å². The maximum atomic E-state index is 12.4. The number of benzene rings is 2. The molecule has 8 heteroatoms. The fourth-order valence-electron chi connectivity index (χ4n) is 2.41. The Hall–Kier alpha value is -3.26. The number of hydrogen-bond acceptors (Lipinski definition) is 8. The molecule has 3 rings (SSSR count). The lowest BCUT2D eigenvalue weighted by Gasteiger charge is -2.09. The number of nitrogens with one attached hydrogen (secondary N) is 1. The number of esters is 1. The van der Waals surface area contributed by atoms with E-state index < -0.39 is 5.97 Å². The van der Waals surface area contributed by atoms with Crippen molar-refractivity contribution in [3.63, 3.8) is 0 Å². The zero-order valence-corrected chi connectivity index (χ0v) is 16.5. The van der Waals surface area contributed by atoms with Gasteiger partial charge in [0.05, 0.1) is 27.0 Å². The summed E-state index contributed by atoms with van der Waals surface area (Å²) in [6.07, 6.45) is 0. The van der Waals surface area contributed by atoms with Crippen molar-refractivity contribution in [3.05, 3.63) is 59.1 Å². The molecule has 0 amide bonds. The molecule has 0 aliphatic carbocycles. The number of carbonyl (C=O) groups excluding carboxylic acids is 1. The highest BCUT2D eigenvalue weighted by molar-refractivity contribution is 7.13. The lowest BCUT2D eigenvalue weighted by molar-refractivity contribution is 0.0465. The standard InChI is InChI=1S/C20H20N2O5S/c1-24-15-6-4-13(5-7-15)21-20-22-14(12-28-20)11-27-19(23)17-9-8-16(25-2)10-18(17)26-3/h4-10,12H,11H2,1-3H3,(H,21,22). The minimum Gasteiger partial charge on any atom is -0.497 e. The molecule has 7 nitrogen and oxygen atoms in total. The van der Waals surface area contributed by atoms with Gasteiger partial charge in [-0.05, 0) is 36.4 Å². The lowest BCUT2D eigenvalue weighted by Crippen LogP contribution is -2.07. The Morgan fingerprint density at radius 3 is 2.39 bits per heavy atom. The molecule has 1 heterocycles. The van der Waals surface area contributed by atoms with Crippen LogP contribution in [0.15, 0.2) is 47.8 Å². The summed E-state index contributed by atoms with van der Waals surface area (Å²) in [6.45, 7) is 0.0643. The third-order valence-corrected chi connectivity index (χ3v) is 4.68. The average Bonchev–Trinajstić information content (AvgIpc) is 3.19. The van der Waals surface area contributed by atoms with E-state index in [1.807, 2.05) is 29.6 Å². The van der Waals surface area contributed by atoms with Gasteiger partial charge in [0.2, 0.25) is 0 Å². The molecule has 0 bridgehead atoms. The van der Waals surface area contributed by atoms with Crippen LogP contribution in [-0.4, -0.2) is 32.3 Å². The normalized spacial score (nSPS) is 10.2. The Kier molecular flexibility index (Phi) is 6.33. The van der Waals surface area contributed by atoms with Gasteiger partial charge in [0.1, 0.15) is 29.4 Å². The van der Waals surface area contributed by atoms with Gasteiger partial charge in [-0.15, -0.1) is 11.3 Å². The first-order valence-corrected chi connectivity index (χ1v) is 9.25. The van der Waals surface area contributed by atoms with Crippen molar-refractivity contribution < 1.29 is 23.7 Å². The first-order valence-electron chi connectivity index (χ1n) is 8.37. The van der Waals surface area contributed by atoms with Crippen LogP contribution in [0.3, 0.4) is 0 Å².